The second kappa shape index (κ2) is 12.6. The van der Waals surface area contributed by atoms with E-state index in [0.717, 1.165) is 4.90 Å². The number of hydrogen-bond donors (Lipinski definition) is 4. The highest BCUT2D eigenvalue weighted by Crippen LogP contribution is 2.34. The van der Waals surface area contributed by atoms with Crippen molar-refractivity contribution in [2.24, 2.45) is 5.73 Å². The van der Waals surface area contributed by atoms with E-state index in [1.807, 2.05) is 0 Å². The predicted molar refractivity (Wildman–Crippen MR) is 145 cm³/mol. The standard InChI is InChI=1S/C27H35ClN4O6/c1-7-32(25(36)19(14-20(29)33)30-26(37)38-27(4,5)6)22(17-12-8-11-16(3)23(17)34)24(35)31-21-15(2)10-9-13-18(21)28/h8-13,19,22,34H,7,14H2,1-6H3,(H2,29,33)(H,30,37)(H,31,35). The molecule has 0 fully saturated rings. The molecule has 2 atom stereocenters. The molecule has 0 aliphatic rings. The van der Waals surface area contributed by atoms with Crippen LogP contribution in [0, 0.1) is 13.8 Å². The second-order valence-electron chi connectivity index (χ2n) is 9.83. The maximum absolute atomic E-state index is 13.8. The van der Waals surface area contributed by atoms with Crippen LogP contribution in [-0.2, 0) is 19.1 Å². The van der Waals surface area contributed by atoms with Gasteiger partial charge in [0, 0.05) is 12.1 Å². The highest BCUT2D eigenvalue weighted by Gasteiger charge is 2.37. The van der Waals surface area contributed by atoms with Gasteiger partial charge in [0.25, 0.3) is 5.91 Å². The molecule has 0 saturated carbocycles. The van der Waals surface area contributed by atoms with E-state index in [1.54, 1.807) is 71.9 Å². The number of ether oxygens (including phenoxy) is 1. The lowest BCUT2D eigenvalue weighted by atomic mass is 9.98. The van der Waals surface area contributed by atoms with Crippen LogP contribution in [0.4, 0.5) is 10.5 Å². The van der Waals surface area contributed by atoms with Gasteiger partial charge in [0.05, 0.1) is 17.1 Å². The Bertz CT molecular complexity index is 1190. The van der Waals surface area contributed by atoms with Crippen LogP contribution in [0.25, 0.3) is 0 Å². The smallest absolute Gasteiger partial charge is 0.408 e. The van der Waals surface area contributed by atoms with E-state index in [1.165, 1.54) is 6.07 Å². The molecule has 0 spiro atoms. The van der Waals surface area contributed by atoms with Crippen LogP contribution in [0.3, 0.4) is 0 Å². The average molecular weight is 547 g/mol. The number of nitrogens with zero attached hydrogens (tertiary/aromatic N) is 1. The topological polar surface area (TPSA) is 151 Å². The molecule has 11 heteroatoms. The number of halogens is 1. The molecule has 206 valence electrons. The molecule has 38 heavy (non-hydrogen) atoms. The highest BCUT2D eigenvalue weighted by molar-refractivity contribution is 6.34. The number of rotatable bonds is 9. The summed E-state index contributed by atoms with van der Waals surface area (Å²) in [6.07, 6.45) is -1.47. The Morgan fingerprint density at radius 2 is 1.68 bits per heavy atom. The number of anilines is 1. The molecule has 5 N–H and O–H groups in total. The fraction of sp³-hybridized carbons (Fsp3) is 0.407. The summed E-state index contributed by atoms with van der Waals surface area (Å²) in [6, 6.07) is 7.15. The van der Waals surface area contributed by atoms with Gasteiger partial charge in [-0.1, -0.05) is 41.9 Å². The van der Waals surface area contributed by atoms with Gasteiger partial charge in [0.2, 0.25) is 11.8 Å². The number of nitrogens with two attached hydrogens (primary N) is 1. The minimum atomic E-state index is -1.42. The zero-order valence-electron chi connectivity index (χ0n) is 22.4. The quantitative estimate of drug-likeness (QED) is 0.373. The Balaban J connectivity index is 2.56. The summed E-state index contributed by atoms with van der Waals surface area (Å²) in [5.74, 6) is -2.45. The molecule has 4 amide bonds. The number of aryl methyl sites for hydroxylation is 2. The largest absolute Gasteiger partial charge is 0.507 e. The van der Waals surface area contributed by atoms with E-state index < -0.39 is 47.9 Å². The molecule has 0 saturated heterocycles. The number of carbonyl (C=O) groups excluding carboxylic acids is 4. The zero-order valence-corrected chi connectivity index (χ0v) is 23.2. The molecular formula is C27H35ClN4O6. The van der Waals surface area contributed by atoms with Gasteiger partial charge < -0.3 is 31.1 Å². The number of nitrogens with one attached hydrogen (secondary N) is 2. The van der Waals surface area contributed by atoms with Crippen molar-refractivity contribution >= 4 is 41.1 Å². The fourth-order valence-electron chi connectivity index (χ4n) is 3.85. The summed E-state index contributed by atoms with van der Waals surface area (Å²) in [7, 11) is 0. The lowest BCUT2D eigenvalue weighted by Gasteiger charge is -2.34. The molecule has 2 rings (SSSR count). The summed E-state index contributed by atoms with van der Waals surface area (Å²) < 4.78 is 5.24. The van der Waals surface area contributed by atoms with Gasteiger partial charge in [-0.15, -0.1) is 0 Å². The Hall–Kier alpha value is -3.79. The van der Waals surface area contributed by atoms with Gasteiger partial charge in [-0.05, 0) is 58.7 Å². The third kappa shape index (κ3) is 7.85. The molecule has 2 aromatic carbocycles. The van der Waals surface area contributed by atoms with Crippen LogP contribution in [-0.4, -0.2) is 52.0 Å². The van der Waals surface area contributed by atoms with Gasteiger partial charge in [-0.25, -0.2) is 4.79 Å². The number of hydrogen-bond acceptors (Lipinski definition) is 6. The maximum Gasteiger partial charge on any atom is 0.408 e. The van der Waals surface area contributed by atoms with Crippen molar-refractivity contribution in [2.75, 3.05) is 11.9 Å². The van der Waals surface area contributed by atoms with Crippen molar-refractivity contribution in [2.45, 2.75) is 65.6 Å². The lowest BCUT2D eigenvalue weighted by molar-refractivity contribution is -0.141. The first-order chi connectivity index (χ1) is 17.7. The summed E-state index contributed by atoms with van der Waals surface area (Å²) in [5, 5.41) is 16.3. The first-order valence-electron chi connectivity index (χ1n) is 12.1. The minimum absolute atomic E-state index is 0.0168. The number of benzene rings is 2. The number of aromatic hydroxyl groups is 1. The number of phenols is 1. The number of alkyl carbamates (subject to hydrolysis) is 1. The van der Waals surface area contributed by atoms with Crippen LogP contribution in [0.5, 0.6) is 5.75 Å². The van der Waals surface area contributed by atoms with Gasteiger partial charge in [0.1, 0.15) is 23.4 Å². The van der Waals surface area contributed by atoms with Crippen LogP contribution in [0.15, 0.2) is 36.4 Å². The summed E-state index contributed by atoms with van der Waals surface area (Å²) in [5.41, 5.74) is 6.17. The van der Waals surface area contributed by atoms with Crippen LogP contribution in [0.1, 0.15) is 56.8 Å². The Morgan fingerprint density at radius 1 is 1.08 bits per heavy atom. The number of amides is 4. The molecular weight excluding hydrogens is 512 g/mol. The first kappa shape index (κ1) is 30.4. The summed E-state index contributed by atoms with van der Waals surface area (Å²) in [6.45, 7) is 9.97. The van der Waals surface area contributed by atoms with E-state index >= 15 is 0 Å². The van der Waals surface area contributed by atoms with Crippen molar-refractivity contribution < 1.29 is 29.0 Å². The number of likely N-dealkylation sites (N-methyl/N-ethyl adjacent to an activating group) is 1. The minimum Gasteiger partial charge on any atom is -0.507 e. The van der Waals surface area contributed by atoms with E-state index in [0.29, 0.717) is 16.8 Å². The molecule has 0 bridgehead atoms. The van der Waals surface area contributed by atoms with Gasteiger partial charge in [-0.3, -0.25) is 14.4 Å². The Kier molecular flexibility index (Phi) is 10.1. The molecule has 2 unspecified atom stereocenters. The number of carbonyl (C=O) groups is 4. The van der Waals surface area contributed by atoms with E-state index in [9.17, 15) is 24.3 Å². The fourth-order valence-corrected chi connectivity index (χ4v) is 4.12. The third-order valence-electron chi connectivity index (χ3n) is 5.61. The van der Waals surface area contributed by atoms with Crippen molar-refractivity contribution in [3.05, 3.63) is 58.1 Å². The molecule has 2 aromatic rings. The van der Waals surface area contributed by atoms with Gasteiger partial charge >= 0.3 is 6.09 Å². The van der Waals surface area contributed by atoms with Gasteiger partial charge in [-0.2, -0.15) is 0 Å². The Labute approximate surface area is 227 Å². The molecule has 0 aliphatic carbocycles. The molecule has 0 heterocycles. The lowest BCUT2D eigenvalue weighted by Crippen LogP contribution is -2.53. The zero-order chi connectivity index (χ0) is 28.8. The maximum atomic E-state index is 13.8. The van der Waals surface area contributed by atoms with Crippen LogP contribution < -0.4 is 16.4 Å². The Morgan fingerprint density at radius 3 is 2.24 bits per heavy atom. The number of primary amides is 1. The predicted octanol–water partition coefficient (Wildman–Crippen LogP) is 3.96. The molecule has 0 aliphatic heterocycles. The molecule has 10 nitrogen and oxygen atoms in total. The summed E-state index contributed by atoms with van der Waals surface area (Å²) >= 11 is 6.32. The second-order valence-corrected chi connectivity index (χ2v) is 10.2. The van der Waals surface area contributed by atoms with E-state index in [4.69, 9.17) is 22.1 Å². The SMILES string of the molecule is CCN(C(=O)C(CC(N)=O)NC(=O)OC(C)(C)C)C(C(=O)Nc1c(C)cccc1Cl)c1cccc(C)c1O. The molecule has 0 radical (unpaired) electrons. The van der Waals surface area contributed by atoms with Crippen molar-refractivity contribution in [3.63, 3.8) is 0 Å². The summed E-state index contributed by atoms with van der Waals surface area (Å²) in [4.78, 5) is 53.0. The van der Waals surface area contributed by atoms with Crippen molar-refractivity contribution in [1.29, 1.82) is 0 Å². The third-order valence-corrected chi connectivity index (χ3v) is 5.93. The van der Waals surface area contributed by atoms with Crippen LogP contribution >= 0.6 is 11.6 Å². The average Bonchev–Trinajstić information content (AvgIpc) is 2.79. The van der Waals surface area contributed by atoms with E-state index in [-0.39, 0.29) is 22.9 Å². The number of phenolic OH excluding ortho intramolecular Hbond substituents is 1. The van der Waals surface area contributed by atoms with Gasteiger partial charge in [0.15, 0.2) is 0 Å². The normalized spacial score (nSPS) is 12.7. The van der Waals surface area contributed by atoms with Crippen molar-refractivity contribution in [1.82, 2.24) is 10.2 Å². The van der Waals surface area contributed by atoms with Crippen molar-refractivity contribution in [3.8, 4) is 5.75 Å². The number of para-hydroxylation sites is 2. The monoisotopic (exact) mass is 546 g/mol. The first-order valence-corrected chi connectivity index (χ1v) is 12.5. The van der Waals surface area contributed by atoms with E-state index in [2.05, 4.69) is 10.6 Å². The highest BCUT2D eigenvalue weighted by atomic mass is 35.5. The molecule has 0 aromatic heterocycles. The van der Waals surface area contributed by atoms with Crippen LogP contribution in [0.2, 0.25) is 5.02 Å².